The number of carbonyl (C=O) groups is 2. The Balaban J connectivity index is 2.88. The van der Waals surface area contributed by atoms with Gasteiger partial charge in [-0.1, -0.05) is 0 Å². The summed E-state index contributed by atoms with van der Waals surface area (Å²) in [5.41, 5.74) is -1.84. The summed E-state index contributed by atoms with van der Waals surface area (Å²) >= 11 is 0. The van der Waals surface area contributed by atoms with Gasteiger partial charge in [-0.15, -0.1) is 0 Å². The molecule has 92 valence electrons. The minimum Gasteiger partial charge on any atom is -0.479 e. The standard InChI is InChI=1S/C11H19NO4/c1-10(2)5-4-6-11(16-10,9(14)15)7-8(13)12-3/h4-7H2,1-3H3,(H,12,13)(H,14,15). The molecule has 1 rings (SSSR count). The van der Waals surface area contributed by atoms with Crippen LogP contribution in [0.1, 0.15) is 39.5 Å². The molecule has 16 heavy (non-hydrogen) atoms. The van der Waals surface area contributed by atoms with Crippen molar-refractivity contribution in [2.75, 3.05) is 7.05 Å². The molecule has 5 heteroatoms. The van der Waals surface area contributed by atoms with E-state index in [-0.39, 0.29) is 12.3 Å². The van der Waals surface area contributed by atoms with Crippen molar-refractivity contribution in [3.05, 3.63) is 0 Å². The van der Waals surface area contributed by atoms with Crippen LogP contribution in [0.3, 0.4) is 0 Å². The van der Waals surface area contributed by atoms with Crippen LogP contribution in [0.2, 0.25) is 0 Å². The van der Waals surface area contributed by atoms with Crippen LogP contribution < -0.4 is 5.32 Å². The van der Waals surface area contributed by atoms with Gasteiger partial charge in [0.1, 0.15) is 0 Å². The number of carboxylic acid groups (broad SMARTS) is 1. The number of ether oxygens (including phenoxy) is 1. The zero-order chi connectivity index (χ0) is 12.4. The molecule has 0 aromatic heterocycles. The molecule has 1 heterocycles. The third kappa shape index (κ3) is 2.72. The SMILES string of the molecule is CNC(=O)CC1(C(=O)O)CCCC(C)(C)O1. The number of amides is 1. The summed E-state index contributed by atoms with van der Waals surface area (Å²) in [7, 11) is 1.49. The van der Waals surface area contributed by atoms with E-state index in [1.807, 2.05) is 13.8 Å². The van der Waals surface area contributed by atoms with E-state index < -0.39 is 17.2 Å². The van der Waals surface area contributed by atoms with Gasteiger partial charge >= 0.3 is 5.97 Å². The fourth-order valence-electron chi connectivity index (χ4n) is 2.13. The lowest BCUT2D eigenvalue weighted by molar-refractivity contribution is -0.204. The zero-order valence-corrected chi connectivity index (χ0v) is 10.0. The maximum Gasteiger partial charge on any atom is 0.336 e. The zero-order valence-electron chi connectivity index (χ0n) is 10.0. The van der Waals surface area contributed by atoms with E-state index in [9.17, 15) is 14.7 Å². The van der Waals surface area contributed by atoms with Crippen molar-refractivity contribution in [1.29, 1.82) is 0 Å². The molecule has 0 aromatic rings. The molecule has 0 aromatic carbocycles. The van der Waals surface area contributed by atoms with Crippen molar-refractivity contribution in [3.63, 3.8) is 0 Å². The van der Waals surface area contributed by atoms with Gasteiger partial charge in [0.25, 0.3) is 0 Å². The molecule has 1 aliphatic heterocycles. The first-order valence-electron chi connectivity index (χ1n) is 5.45. The monoisotopic (exact) mass is 229 g/mol. The second-order valence-corrected chi connectivity index (χ2v) is 4.86. The summed E-state index contributed by atoms with van der Waals surface area (Å²) in [5.74, 6) is -1.36. The first-order valence-corrected chi connectivity index (χ1v) is 5.45. The molecule has 1 aliphatic rings. The van der Waals surface area contributed by atoms with Crippen LogP contribution in [0, 0.1) is 0 Å². The highest BCUT2D eigenvalue weighted by Gasteiger charge is 2.48. The summed E-state index contributed by atoms with van der Waals surface area (Å²) in [4.78, 5) is 22.7. The van der Waals surface area contributed by atoms with Crippen molar-refractivity contribution >= 4 is 11.9 Å². The average molecular weight is 229 g/mol. The van der Waals surface area contributed by atoms with E-state index in [1.165, 1.54) is 7.05 Å². The minimum atomic E-state index is -1.36. The lowest BCUT2D eigenvalue weighted by Gasteiger charge is -2.42. The lowest BCUT2D eigenvalue weighted by Crippen LogP contribution is -2.53. The van der Waals surface area contributed by atoms with Gasteiger partial charge in [-0.2, -0.15) is 0 Å². The Morgan fingerprint density at radius 3 is 2.44 bits per heavy atom. The van der Waals surface area contributed by atoms with E-state index >= 15 is 0 Å². The molecule has 0 aliphatic carbocycles. The summed E-state index contributed by atoms with van der Waals surface area (Å²) in [6, 6.07) is 0. The number of hydrogen-bond acceptors (Lipinski definition) is 3. The van der Waals surface area contributed by atoms with Crippen LogP contribution in [0.15, 0.2) is 0 Å². The third-order valence-electron chi connectivity index (χ3n) is 2.95. The molecule has 1 amide bonds. The van der Waals surface area contributed by atoms with Crippen LogP contribution in [0.5, 0.6) is 0 Å². The van der Waals surface area contributed by atoms with Crippen molar-refractivity contribution in [3.8, 4) is 0 Å². The van der Waals surface area contributed by atoms with Gasteiger partial charge in [-0.25, -0.2) is 4.79 Å². The second kappa shape index (κ2) is 4.41. The number of carboxylic acids is 1. The molecule has 0 spiro atoms. The Labute approximate surface area is 95.2 Å². The average Bonchev–Trinajstić information content (AvgIpc) is 2.15. The van der Waals surface area contributed by atoms with Crippen molar-refractivity contribution in [2.45, 2.75) is 50.7 Å². The fraction of sp³-hybridized carbons (Fsp3) is 0.818. The van der Waals surface area contributed by atoms with Crippen LogP contribution in [-0.4, -0.2) is 35.2 Å². The first-order chi connectivity index (χ1) is 7.31. The van der Waals surface area contributed by atoms with Gasteiger partial charge in [0.15, 0.2) is 5.60 Å². The second-order valence-electron chi connectivity index (χ2n) is 4.86. The number of carbonyl (C=O) groups excluding carboxylic acids is 1. The van der Waals surface area contributed by atoms with Crippen LogP contribution in [-0.2, 0) is 14.3 Å². The summed E-state index contributed by atoms with van der Waals surface area (Å²) in [6.07, 6.45) is 1.84. The Morgan fingerprint density at radius 1 is 1.38 bits per heavy atom. The molecule has 0 saturated carbocycles. The predicted octanol–water partition coefficient (Wildman–Crippen LogP) is 0.925. The van der Waals surface area contributed by atoms with Gasteiger partial charge in [-0.05, 0) is 33.1 Å². The first kappa shape index (κ1) is 13.0. The summed E-state index contributed by atoms with van der Waals surface area (Å²) in [6.45, 7) is 3.71. The summed E-state index contributed by atoms with van der Waals surface area (Å²) in [5, 5.41) is 11.7. The lowest BCUT2D eigenvalue weighted by atomic mass is 9.84. The number of nitrogens with one attached hydrogen (secondary N) is 1. The molecule has 1 unspecified atom stereocenters. The molecular formula is C11H19NO4. The minimum absolute atomic E-state index is 0.123. The van der Waals surface area contributed by atoms with E-state index in [0.29, 0.717) is 6.42 Å². The third-order valence-corrected chi connectivity index (χ3v) is 2.95. The molecule has 2 N–H and O–H groups in total. The molecule has 0 bridgehead atoms. The summed E-state index contributed by atoms with van der Waals surface area (Å²) < 4.78 is 5.63. The molecule has 1 fully saturated rings. The predicted molar refractivity (Wildman–Crippen MR) is 58.1 cm³/mol. The van der Waals surface area contributed by atoms with Gasteiger partial charge in [0.05, 0.1) is 12.0 Å². The van der Waals surface area contributed by atoms with Gasteiger partial charge < -0.3 is 15.2 Å². The Bertz CT molecular complexity index is 300. The Morgan fingerprint density at radius 2 is 2.00 bits per heavy atom. The van der Waals surface area contributed by atoms with Crippen molar-refractivity contribution in [2.24, 2.45) is 0 Å². The number of hydrogen-bond donors (Lipinski definition) is 2. The Kier molecular flexibility index (Phi) is 3.57. The van der Waals surface area contributed by atoms with E-state index in [1.54, 1.807) is 0 Å². The number of rotatable bonds is 3. The maximum atomic E-state index is 11.3. The van der Waals surface area contributed by atoms with Crippen LogP contribution >= 0.6 is 0 Å². The highest BCUT2D eigenvalue weighted by Crippen LogP contribution is 2.37. The van der Waals surface area contributed by atoms with Crippen LogP contribution in [0.25, 0.3) is 0 Å². The molecule has 1 atom stereocenters. The molecule has 5 nitrogen and oxygen atoms in total. The molecule has 0 radical (unpaired) electrons. The largest absolute Gasteiger partial charge is 0.479 e. The topological polar surface area (TPSA) is 75.6 Å². The normalized spacial score (nSPS) is 28.4. The van der Waals surface area contributed by atoms with E-state index in [2.05, 4.69) is 5.32 Å². The van der Waals surface area contributed by atoms with Crippen molar-refractivity contribution < 1.29 is 19.4 Å². The number of aliphatic carboxylic acids is 1. The van der Waals surface area contributed by atoms with Crippen molar-refractivity contribution in [1.82, 2.24) is 5.32 Å². The van der Waals surface area contributed by atoms with E-state index in [0.717, 1.165) is 12.8 Å². The van der Waals surface area contributed by atoms with Gasteiger partial charge in [-0.3, -0.25) is 4.79 Å². The highest BCUT2D eigenvalue weighted by atomic mass is 16.5. The van der Waals surface area contributed by atoms with Gasteiger partial charge in [0.2, 0.25) is 5.91 Å². The quantitative estimate of drug-likeness (QED) is 0.754. The Hall–Kier alpha value is -1.10. The highest BCUT2D eigenvalue weighted by molar-refractivity contribution is 5.87. The smallest absolute Gasteiger partial charge is 0.336 e. The molecular weight excluding hydrogens is 210 g/mol. The maximum absolute atomic E-state index is 11.3. The van der Waals surface area contributed by atoms with E-state index in [4.69, 9.17) is 4.74 Å². The molecule has 1 saturated heterocycles. The fourth-order valence-corrected chi connectivity index (χ4v) is 2.13. The van der Waals surface area contributed by atoms with Gasteiger partial charge in [0, 0.05) is 7.05 Å². The van der Waals surface area contributed by atoms with Crippen LogP contribution in [0.4, 0.5) is 0 Å².